The molecule has 1 aromatic rings. The minimum absolute atomic E-state index is 0.0203. The van der Waals surface area contributed by atoms with Crippen molar-refractivity contribution in [2.75, 3.05) is 31.1 Å². The van der Waals surface area contributed by atoms with Crippen LogP contribution in [0.5, 0.6) is 0 Å². The zero-order valence-corrected chi connectivity index (χ0v) is 11.6. The number of hydrogen-bond donors (Lipinski definition) is 2. The minimum Gasteiger partial charge on any atom is -0.368 e. The fraction of sp³-hybridized carbons (Fsp3) is 0.429. The van der Waals surface area contributed by atoms with Gasteiger partial charge in [0.25, 0.3) is 0 Å². The van der Waals surface area contributed by atoms with Gasteiger partial charge in [0.1, 0.15) is 5.82 Å². The molecule has 2 N–H and O–H groups in total. The molecule has 0 atom stereocenters. The molecule has 0 spiro atoms. The zero-order valence-electron chi connectivity index (χ0n) is 11.6. The van der Waals surface area contributed by atoms with Crippen LogP contribution >= 0.6 is 0 Å². The summed E-state index contributed by atoms with van der Waals surface area (Å²) in [7, 11) is 0. The van der Waals surface area contributed by atoms with Gasteiger partial charge < -0.3 is 9.80 Å². The molecule has 1 heterocycles. The Bertz CT molecular complexity index is 499. The summed E-state index contributed by atoms with van der Waals surface area (Å²) in [4.78, 5) is 26.6. The molecule has 2 rings (SSSR count). The van der Waals surface area contributed by atoms with E-state index in [9.17, 15) is 14.0 Å². The van der Waals surface area contributed by atoms with Crippen molar-refractivity contribution in [1.29, 1.82) is 0 Å². The van der Waals surface area contributed by atoms with Crippen LogP contribution in [0.2, 0.25) is 0 Å². The number of hydrogen-bond acceptors (Lipinski definition) is 4. The fourth-order valence-electron chi connectivity index (χ4n) is 2.30. The molecule has 1 aromatic carbocycles. The van der Waals surface area contributed by atoms with E-state index in [-0.39, 0.29) is 24.6 Å². The zero-order chi connectivity index (χ0) is 15.2. The summed E-state index contributed by atoms with van der Waals surface area (Å²) >= 11 is 0. The number of halogens is 1. The highest BCUT2D eigenvalue weighted by Crippen LogP contribution is 2.17. The maximum absolute atomic E-state index is 12.9. The lowest BCUT2D eigenvalue weighted by molar-refractivity contribution is -0.136. The Labute approximate surface area is 122 Å². The highest BCUT2D eigenvalue weighted by atomic mass is 19.1. The molecular formula is C14H18FN3O3. The molecule has 7 heteroatoms. The van der Waals surface area contributed by atoms with Gasteiger partial charge >= 0.3 is 0 Å². The standard InChI is InChI=1S/C14H18FN3O3/c15-11-1-3-12(4-2-11)17-7-9-18(10-8-17)14(20)6-5-13(19)16-21/h1-4,21H,5-10H2,(H,16,19). The first-order valence-corrected chi connectivity index (χ1v) is 6.81. The molecular weight excluding hydrogens is 277 g/mol. The van der Waals surface area contributed by atoms with Gasteiger partial charge in [0.2, 0.25) is 11.8 Å². The van der Waals surface area contributed by atoms with Crippen LogP contribution in [-0.4, -0.2) is 48.1 Å². The van der Waals surface area contributed by atoms with Gasteiger partial charge in [-0.05, 0) is 24.3 Å². The first-order valence-electron chi connectivity index (χ1n) is 6.81. The second kappa shape index (κ2) is 7.03. The smallest absolute Gasteiger partial charge is 0.243 e. The number of hydroxylamine groups is 1. The molecule has 1 aliphatic heterocycles. The molecule has 0 bridgehead atoms. The van der Waals surface area contributed by atoms with Crippen molar-refractivity contribution < 1.29 is 19.2 Å². The fourth-order valence-corrected chi connectivity index (χ4v) is 2.30. The van der Waals surface area contributed by atoms with Gasteiger partial charge in [-0.1, -0.05) is 0 Å². The Balaban J connectivity index is 1.81. The molecule has 6 nitrogen and oxygen atoms in total. The van der Waals surface area contributed by atoms with Crippen LogP contribution in [0.3, 0.4) is 0 Å². The third kappa shape index (κ3) is 4.16. The first kappa shape index (κ1) is 15.2. The normalized spacial score (nSPS) is 15.0. The number of carbonyl (C=O) groups is 2. The van der Waals surface area contributed by atoms with E-state index < -0.39 is 5.91 Å². The number of carbonyl (C=O) groups excluding carboxylic acids is 2. The van der Waals surface area contributed by atoms with Crippen molar-refractivity contribution in [2.24, 2.45) is 0 Å². The van der Waals surface area contributed by atoms with Gasteiger partial charge in [-0.15, -0.1) is 0 Å². The SMILES string of the molecule is O=C(CCC(=O)N1CCN(c2ccc(F)cc2)CC1)NO. The molecule has 0 radical (unpaired) electrons. The van der Waals surface area contributed by atoms with E-state index in [4.69, 9.17) is 5.21 Å². The summed E-state index contributed by atoms with van der Waals surface area (Å²) in [6.07, 6.45) is 0.0659. The van der Waals surface area contributed by atoms with Crippen molar-refractivity contribution in [1.82, 2.24) is 10.4 Å². The number of anilines is 1. The van der Waals surface area contributed by atoms with E-state index in [0.29, 0.717) is 26.2 Å². The van der Waals surface area contributed by atoms with E-state index in [1.54, 1.807) is 17.0 Å². The summed E-state index contributed by atoms with van der Waals surface area (Å²) in [6.45, 7) is 2.47. The van der Waals surface area contributed by atoms with Gasteiger partial charge in [-0.3, -0.25) is 14.8 Å². The van der Waals surface area contributed by atoms with Crippen molar-refractivity contribution in [2.45, 2.75) is 12.8 Å². The van der Waals surface area contributed by atoms with Gasteiger partial charge in [0, 0.05) is 44.7 Å². The van der Waals surface area contributed by atoms with Crippen molar-refractivity contribution in [3.63, 3.8) is 0 Å². The highest BCUT2D eigenvalue weighted by Gasteiger charge is 2.21. The summed E-state index contributed by atoms with van der Waals surface area (Å²) < 4.78 is 12.9. The molecule has 0 saturated carbocycles. The Hall–Kier alpha value is -2.15. The van der Waals surface area contributed by atoms with E-state index in [2.05, 4.69) is 4.90 Å². The van der Waals surface area contributed by atoms with Crippen molar-refractivity contribution in [3.05, 3.63) is 30.1 Å². The largest absolute Gasteiger partial charge is 0.368 e. The van der Waals surface area contributed by atoms with Gasteiger partial charge in [0.15, 0.2) is 0 Å². The summed E-state index contributed by atoms with van der Waals surface area (Å²) in [5.41, 5.74) is 2.44. The van der Waals surface area contributed by atoms with E-state index in [1.165, 1.54) is 17.6 Å². The lowest BCUT2D eigenvalue weighted by Gasteiger charge is -2.36. The van der Waals surface area contributed by atoms with Gasteiger partial charge in [0.05, 0.1) is 0 Å². The molecule has 0 aliphatic carbocycles. The number of benzene rings is 1. The third-order valence-electron chi connectivity index (χ3n) is 3.51. The number of nitrogens with one attached hydrogen (secondary N) is 1. The predicted molar refractivity (Wildman–Crippen MR) is 74.4 cm³/mol. The molecule has 1 saturated heterocycles. The van der Waals surface area contributed by atoms with Crippen LogP contribution in [0.25, 0.3) is 0 Å². The lowest BCUT2D eigenvalue weighted by Crippen LogP contribution is -2.48. The van der Waals surface area contributed by atoms with Crippen LogP contribution in [0.4, 0.5) is 10.1 Å². The topological polar surface area (TPSA) is 72.9 Å². The molecule has 0 aromatic heterocycles. The van der Waals surface area contributed by atoms with Crippen LogP contribution < -0.4 is 10.4 Å². The number of amides is 2. The average molecular weight is 295 g/mol. The lowest BCUT2D eigenvalue weighted by atomic mass is 10.2. The minimum atomic E-state index is -0.562. The van der Waals surface area contributed by atoms with Crippen molar-refractivity contribution in [3.8, 4) is 0 Å². The van der Waals surface area contributed by atoms with E-state index in [1.807, 2.05) is 0 Å². The maximum atomic E-state index is 12.9. The van der Waals surface area contributed by atoms with Crippen LogP contribution in [0.1, 0.15) is 12.8 Å². The Kier molecular flexibility index (Phi) is 5.10. The van der Waals surface area contributed by atoms with Crippen LogP contribution in [-0.2, 0) is 9.59 Å². The summed E-state index contributed by atoms with van der Waals surface area (Å²) in [5, 5.41) is 8.38. The molecule has 0 unspecified atom stereocenters. The first-order chi connectivity index (χ1) is 10.1. The predicted octanol–water partition coefficient (Wildman–Crippen LogP) is 0.760. The Morgan fingerprint density at radius 3 is 2.29 bits per heavy atom. The molecule has 1 fully saturated rings. The molecule has 114 valence electrons. The third-order valence-corrected chi connectivity index (χ3v) is 3.51. The Morgan fingerprint density at radius 2 is 1.71 bits per heavy atom. The van der Waals surface area contributed by atoms with Crippen LogP contribution in [0, 0.1) is 5.82 Å². The van der Waals surface area contributed by atoms with Gasteiger partial charge in [-0.25, -0.2) is 9.87 Å². The molecule has 21 heavy (non-hydrogen) atoms. The average Bonchev–Trinajstić information content (AvgIpc) is 2.53. The summed E-state index contributed by atoms with van der Waals surface area (Å²) in [6, 6.07) is 6.28. The number of piperazine rings is 1. The number of rotatable bonds is 4. The molecule has 2 amide bonds. The second-order valence-corrected chi connectivity index (χ2v) is 4.88. The van der Waals surface area contributed by atoms with E-state index >= 15 is 0 Å². The maximum Gasteiger partial charge on any atom is 0.243 e. The molecule has 1 aliphatic rings. The van der Waals surface area contributed by atoms with Crippen molar-refractivity contribution >= 4 is 17.5 Å². The highest BCUT2D eigenvalue weighted by molar-refractivity contribution is 5.83. The Morgan fingerprint density at radius 1 is 1.10 bits per heavy atom. The second-order valence-electron chi connectivity index (χ2n) is 4.88. The summed E-state index contributed by atoms with van der Waals surface area (Å²) in [5.74, 6) is -0.930. The van der Waals surface area contributed by atoms with Gasteiger partial charge in [-0.2, -0.15) is 0 Å². The van der Waals surface area contributed by atoms with Crippen LogP contribution in [0.15, 0.2) is 24.3 Å². The number of nitrogens with zero attached hydrogens (tertiary/aromatic N) is 2. The monoisotopic (exact) mass is 295 g/mol. The van der Waals surface area contributed by atoms with E-state index in [0.717, 1.165) is 5.69 Å². The quantitative estimate of drug-likeness (QED) is 0.635.